The molecule has 0 saturated carbocycles. The summed E-state index contributed by atoms with van der Waals surface area (Å²) in [5.74, 6) is -0.352. The monoisotopic (exact) mass is 327 g/mol. The first-order chi connectivity index (χ1) is 11.6. The Kier molecular flexibility index (Phi) is 4.04. The van der Waals surface area contributed by atoms with Crippen LogP contribution in [0, 0.1) is 0 Å². The normalized spacial score (nSPS) is 11.3. The Balaban J connectivity index is 2.14. The number of methoxy groups -OCH3 is 2. The third-order valence-electron chi connectivity index (χ3n) is 3.84. The highest BCUT2D eigenvalue weighted by molar-refractivity contribution is 6.15. The number of fused-ring (bicyclic) bond motifs is 1. The molecular weight excluding hydrogens is 310 g/mol. The molecule has 0 fully saturated rings. The number of rotatable bonds is 5. The van der Waals surface area contributed by atoms with Gasteiger partial charge < -0.3 is 23.6 Å². The summed E-state index contributed by atoms with van der Waals surface area (Å²) in [5, 5.41) is 11.0. The van der Waals surface area contributed by atoms with E-state index >= 15 is 0 Å². The first-order valence-electron chi connectivity index (χ1n) is 7.26. The van der Waals surface area contributed by atoms with Gasteiger partial charge in [0, 0.05) is 18.9 Å². The quantitative estimate of drug-likeness (QED) is 0.574. The summed E-state index contributed by atoms with van der Waals surface area (Å²) >= 11 is 0. The molecule has 0 aliphatic heterocycles. The highest BCUT2D eigenvalue weighted by Crippen LogP contribution is 2.45. The Morgan fingerprint density at radius 1 is 1.25 bits per heavy atom. The van der Waals surface area contributed by atoms with Crippen molar-refractivity contribution in [1.29, 1.82) is 0 Å². The number of aryl methyl sites for hydroxylation is 1. The van der Waals surface area contributed by atoms with Crippen molar-refractivity contribution in [2.24, 2.45) is 7.05 Å². The predicted molar refractivity (Wildman–Crippen MR) is 89.8 cm³/mol. The van der Waals surface area contributed by atoms with E-state index in [1.807, 2.05) is 29.9 Å². The maximum Gasteiger partial charge on any atom is 0.205 e. The van der Waals surface area contributed by atoms with Crippen LogP contribution in [0.4, 0.5) is 0 Å². The van der Waals surface area contributed by atoms with Crippen LogP contribution in [0.25, 0.3) is 17.0 Å². The number of benzene rings is 1. The Morgan fingerprint density at radius 3 is 2.62 bits per heavy atom. The third-order valence-corrected chi connectivity index (χ3v) is 3.84. The molecule has 0 unspecified atom stereocenters. The van der Waals surface area contributed by atoms with Gasteiger partial charge in [0.15, 0.2) is 17.1 Å². The second kappa shape index (κ2) is 6.16. The summed E-state index contributed by atoms with van der Waals surface area (Å²) < 4.78 is 17.8. The number of hydrogen-bond donors (Lipinski definition) is 1. The number of allylic oxidation sites excluding steroid dienone is 1. The number of phenolic OH excluding ortho intramolecular Hbond substituents is 1. The highest BCUT2D eigenvalue weighted by Gasteiger charge is 2.26. The number of carbonyl (C=O) groups is 1. The summed E-state index contributed by atoms with van der Waals surface area (Å²) in [7, 11) is 4.71. The van der Waals surface area contributed by atoms with Gasteiger partial charge in [-0.3, -0.25) is 4.79 Å². The lowest BCUT2D eigenvalue weighted by Gasteiger charge is -2.13. The van der Waals surface area contributed by atoms with Crippen molar-refractivity contribution in [2.45, 2.75) is 0 Å². The molecule has 6 heteroatoms. The second-order valence-electron chi connectivity index (χ2n) is 5.20. The minimum Gasteiger partial charge on any atom is -0.504 e. The fourth-order valence-electron chi connectivity index (χ4n) is 2.65. The molecule has 3 aromatic rings. The smallest absolute Gasteiger partial charge is 0.205 e. The Bertz CT molecular complexity index is 932. The molecule has 1 N–H and O–H groups in total. The summed E-state index contributed by atoms with van der Waals surface area (Å²) in [5.41, 5.74) is 1.22. The van der Waals surface area contributed by atoms with Crippen LogP contribution in [0.15, 0.2) is 41.2 Å². The molecule has 0 bridgehead atoms. The molecule has 3 rings (SSSR count). The number of aromatic hydroxyl groups is 1. The van der Waals surface area contributed by atoms with Gasteiger partial charge in [0.25, 0.3) is 0 Å². The van der Waals surface area contributed by atoms with E-state index in [4.69, 9.17) is 13.9 Å². The minimum atomic E-state index is -0.396. The molecule has 2 aromatic heterocycles. The van der Waals surface area contributed by atoms with Crippen molar-refractivity contribution in [2.75, 3.05) is 14.2 Å². The number of furan rings is 1. The van der Waals surface area contributed by atoms with Crippen LogP contribution in [0.5, 0.6) is 17.2 Å². The van der Waals surface area contributed by atoms with Crippen molar-refractivity contribution in [3.05, 3.63) is 48.0 Å². The SMILES string of the molecule is COc1c(C(=O)/C=C/c2cccn2C)c(O)c(OC)c2occc12. The molecule has 0 saturated heterocycles. The molecule has 6 nitrogen and oxygen atoms in total. The van der Waals surface area contributed by atoms with Crippen LogP contribution in [-0.2, 0) is 7.05 Å². The Hall–Kier alpha value is -3.15. The van der Waals surface area contributed by atoms with E-state index in [1.54, 1.807) is 12.1 Å². The average Bonchev–Trinajstić information content (AvgIpc) is 3.20. The number of hydrogen-bond acceptors (Lipinski definition) is 5. The van der Waals surface area contributed by atoms with E-state index in [1.165, 1.54) is 26.6 Å². The molecule has 0 radical (unpaired) electrons. The van der Waals surface area contributed by atoms with Gasteiger partial charge in [-0.2, -0.15) is 0 Å². The van der Waals surface area contributed by atoms with Crippen molar-refractivity contribution in [3.63, 3.8) is 0 Å². The van der Waals surface area contributed by atoms with Crippen LogP contribution in [0.3, 0.4) is 0 Å². The topological polar surface area (TPSA) is 73.8 Å². The minimum absolute atomic E-state index is 0.0358. The lowest BCUT2D eigenvalue weighted by molar-refractivity contribution is 0.104. The third kappa shape index (κ3) is 2.42. The maximum absolute atomic E-state index is 12.7. The molecule has 1 aromatic carbocycles. The van der Waals surface area contributed by atoms with E-state index in [0.717, 1.165) is 5.69 Å². The fourth-order valence-corrected chi connectivity index (χ4v) is 2.65. The number of phenols is 1. The van der Waals surface area contributed by atoms with Crippen LogP contribution in [0.2, 0.25) is 0 Å². The summed E-state index contributed by atoms with van der Waals surface area (Å²) in [6.07, 6.45) is 6.39. The van der Waals surface area contributed by atoms with Gasteiger partial charge in [-0.05, 0) is 30.4 Å². The molecule has 0 amide bonds. The van der Waals surface area contributed by atoms with Crippen LogP contribution in [0.1, 0.15) is 16.1 Å². The van der Waals surface area contributed by atoms with E-state index in [-0.39, 0.29) is 22.8 Å². The van der Waals surface area contributed by atoms with Gasteiger partial charge in [0.2, 0.25) is 5.75 Å². The molecule has 0 spiro atoms. The van der Waals surface area contributed by atoms with Gasteiger partial charge >= 0.3 is 0 Å². The molecule has 0 aliphatic rings. The van der Waals surface area contributed by atoms with Gasteiger partial charge in [-0.25, -0.2) is 0 Å². The number of aromatic nitrogens is 1. The number of ether oxygens (including phenoxy) is 2. The van der Waals surface area contributed by atoms with E-state index in [0.29, 0.717) is 11.0 Å². The second-order valence-corrected chi connectivity index (χ2v) is 5.20. The van der Waals surface area contributed by atoms with Crippen LogP contribution in [-0.4, -0.2) is 29.7 Å². The van der Waals surface area contributed by atoms with Crippen molar-refractivity contribution in [1.82, 2.24) is 4.57 Å². The molecule has 0 atom stereocenters. The lowest BCUT2D eigenvalue weighted by Crippen LogP contribution is -2.02. The first-order valence-corrected chi connectivity index (χ1v) is 7.26. The fraction of sp³-hybridized carbons (Fsp3) is 0.167. The molecule has 24 heavy (non-hydrogen) atoms. The summed E-state index contributed by atoms with van der Waals surface area (Å²) in [4.78, 5) is 12.7. The van der Waals surface area contributed by atoms with Crippen molar-refractivity contribution in [3.8, 4) is 17.2 Å². The first kappa shape index (κ1) is 15.7. The zero-order valence-electron chi connectivity index (χ0n) is 13.6. The number of nitrogens with zero attached hydrogens (tertiary/aromatic N) is 1. The predicted octanol–water partition coefficient (Wildman–Crippen LogP) is 3.39. The van der Waals surface area contributed by atoms with Gasteiger partial charge in [0.05, 0.1) is 25.9 Å². The van der Waals surface area contributed by atoms with Crippen LogP contribution < -0.4 is 9.47 Å². The van der Waals surface area contributed by atoms with E-state index in [9.17, 15) is 9.90 Å². The Labute approximate surface area is 138 Å². The van der Waals surface area contributed by atoms with Gasteiger partial charge in [-0.1, -0.05) is 0 Å². The van der Waals surface area contributed by atoms with Gasteiger partial charge in [-0.15, -0.1) is 0 Å². The zero-order valence-corrected chi connectivity index (χ0v) is 13.6. The molecular formula is C18H17NO5. The van der Waals surface area contributed by atoms with E-state index < -0.39 is 5.78 Å². The molecule has 2 heterocycles. The number of ketones is 1. The summed E-state index contributed by atoms with van der Waals surface area (Å²) in [6.45, 7) is 0. The number of carbonyl (C=O) groups excluding carboxylic acids is 1. The van der Waals surface area contributed by atoms with Crippen molar-refractivity contribution >= 4 is 22.8 Å². The van der Waals surface area contributed by atoms with Gasteiger partial charge in [0.1, 0.15) is 11.3 Å². The van der Waals surface area contributed by atoms with Crippen molar-refractivity contribution < 1.29 is 23.8 Å². The standard InChI is InChI=1S/C18H17NO5/c1-19-9-4-5-11(19)6-7-13(20)14-15(21)18(23-3)17-12(8-10-24-17)16(14)22-2/h4-10,21H,1-3H3/b7-6+. The molecule has 124 valence electrons. The summed E-state index contributed by atoms with van der Waals surface area (Å²) in [6, 6.07) is 5.41. The zero-order chi connectivity index (χ0) is 17.3. The maximum atomic E-state index is 12.7. The van der Waals surface area contributed by atoms with Crippen LogP contribution >= 0.6 is 0 Å². The largest absolute Gasteiger partial charge is 0.504 e. The average molecular weight is 327 g/mol. The molecule has 0 aliphatic carbocycles. The lowest BCUT2D eigenvalue weighted by atomic mass is 10.0. The highest BCUT2D eigenvalue weighted by atomic mass is 16.5. The Morgan fingerprint density at radius 2 is 2.00 bits per heavy atom. The van der Waals surface area contributed by atoms with E-state index in [2.05, 4.69) is 0 Å².